The van der Waals surface area contributed by atoms with Gasteiger partial charge < -0.3 is 0 Å². The Morgan fingerprint density at radius 3 is 2.25 bits per heavy atom. The average Bonchev–Trinajstić information content (AvgIpc) is 2.70. The van der Waals surface area contributed by atoms with Crippen LogP contribution in [0.25, 0.3) is 0 Å². The van der Waals surface area contributed by atoms with Gasteiger partial charge in [-0.05, 0) is 25.0 Å². The summed E-state index contributed by atoms with van der Waals surface area (Å²) in [7, 11) is 0. The summed E-state index contributed by atoms with van der Waals surface area (Å²) >= 11 is 0. The molecule has 2 heteroatoms. The van der Waals surface area contributed by atoms with Crippen molar-refractivity contribution in [2.75, 3.05) is 0 Å². The molecule has 0 saturated carbocycles. The molecule has 2 atom stereocenters. The van der Waals surface area contributed by atoms with Crippen molar-refractivity contribution in [2.45, 2.75) is 19.8 Å². The molecule has 0 unspecified atom stereocenters. The molecule has 0 aliphatic heterocycles. The van der Waals surface area contributed by atoms with Crippen LogP contribution in [-0.2, 0) is 4.79 Å². The van der Waals surface area contributed by atoms with Crippen molar-refractivity contribution in [3.05, 3.63) is 71.3 Å². The van der Waals surface area contributed by atoms with E-state index in [0.717, 1.165) is 11.1 Å². The minimum atomic E-state index is -0.995. The first-order chi connectivity index (χ1) is 9.56. The van der Waals surface area contributed by atoms with E-state index in [2.05, 4.69) is 0 Å². The van der Waals surface area contributed by atoms with Crippen LogP contribution in [-0.4, -0.2) is 11.6 Å². The van der Waals surface area contributed by atoms with E-state index in [9.17, 15) is 9.59 Å². The third-order valence-corrected chi connectivity index (χ3v) is 4.43. The molecule has 3 rings (SSSR count). The Bertz CT molecular complexity index is 688. The highest BCUT2D eigenvalue weighted by Gasteiger charge is 2.53. The SMILES string of the molecule is CC(=O)[C@@]1(C)C(=O)c2ccccc2[C@H]1c1ccccc1. The molecule has 0 N–H and O–H groups in total. The van der Waals surface area contributed by atoms with Crippen LogP contribution in [0.5, 0.6) is 0 Å². The molecular weight excluding hydrogens is 248 g/mol. The van der Waals surface area contributed by atoms with Gasteiger partial charge in [-0.2, -0.15) is 0 Å². The van der Waals surface area contributed by atoms with Gasteiger partial charge in [-0.1, -0.05) is 54.6 Å². The Balaban J connectivity index is 2.28. The summed E-state index contributed by atoms with van der Waals surface area (Å²) in [6, 6.07) is 17.4. The number of hydrogen-bond acceptors (Lipinski definition) is 2. The average molecular weight is 264 g/mol. The number of ketones is 2. The summed E-state index contributed by atoms with van der Waals surface area (Å²) in [6.45, 7) is 3.29. The van der Waals surface area contributed by atoms with E-state index < -0.39 is 5.41 Å². The molecule has 2 nitrogen and oxygen atoms in total. The third kappa shape index (κ3) is 1.58. The fourth-order valence-electron chi connectivity index (χ4n) is 3.20. The number of carbonyl (C=O) groups is 2. The Kier molecular flexibility index (Phi) is 2.82. The molecule has 0 spiro atoms. The van der Waals surface area contributed by atoms with E-state index in [1.54, 1.807) is 6.92 Å². The second kappa shape index (κ2) is 4.41. The summed E-state index contributed by atoms with van der Waals surface area (Å²) in [5, 5.41) is 0. The van der Waals surface area contributed by atoms with Crippen LogP contribution in [0.15, 0.2) is 54.6 Å². The number of Topliss-reactive ketones (excluding diaryl/α,β-unsaturated/α-hetero) is 2. The number of carbonyl (C=O) groups excluding carboxylic acids is 2. The van der Waals surface area contributed by atoms with Crippen LogP contribution in [0.2, 0.25) is 0 Å². The molecule has 2 aromatic rings. The predicted molar refractivity (Wildman–Crippen MR) is 77.8 cm³/mol. The van der Waals surface area contributed by atoms with Gasteiger partial charge >= 0.3 is 0 Å². The fourth-order valence-corrected chi connectivity index (χ4v) is 3.20. The Hall–Kier alpha value is -2.22. The number of hydrogen-bond donors (Lipinski definition) is 0. The highest BCUT2D eigenvalue weighted by molar-refractivity contribution is 6.18. The van der Waals surface area contributed by atoms with Crippen molar-refractivity contribution in [2.24, 2.45) is 5.41 Å². The van der Waals surface area contributed by atoms with Crippen molar-refractivity contribution in [3.8, 4) is 0 Å². The second-order valence-corrected chi connectivity index (χ2v) is 5.52. The summed E-state index contributed by atoms with van der Waals surface area (Å²) in [5.41, 5.74) is 1.66. The molecule has 1 aliphatic carbocycles. The van der Waals surface area contributed by atoms with Crippen LogP contribution in [0.4, 0.5) is 0 Å². The van der Waals surface area contributed by atoms with Gasteiger partial charge in [0.05, 0.1) is 5.41 Å². The van der Waals surface area contributed by atoms with Gasteiger partial charge in [0, 0.05) is 11.5 Å². The lowest BCUT2D eigenvalue weighted by Crippen LogP contribution is -2.36. The van der Waals surface area contributed by atoms with Crippen molar-refractivity contribution in [1.29, 1.82) is 0 Å². The van der Waals surface area contributed by atoms with Crippen LogP contribution in [0, 0.1) is 5.41 Å². The van der Waals surface area contributed by atoms with Crippen molar-refractivity contribution in [1.82, 2.24) is 0 Å². The number of benzene rings is 2. The maximum atomic E-state index is 12.7. The van der Waals surface area contributed by atoms with Gasteiger partial charge in [0.1, 0.15) is 5.78 Å². The minimum Gasteiger partial charge on any atom is -0.299 e. The topological polar surface area (TPSA) is 34.1 Å². The van der Waals surface area contributed by atoms with Gasteiger partial charge in [-0.15, -0.1) is 0 Å². The molecule has 0 bridgehead atoms. The lowest BCUT2D eigenvalue weighted by Gasteiger charge is -2.28. The molecule has 0 radical (unpaired) electrons. The van der Waals surface area contributed by atoms with Crippen molar-refractivity contribution in [3.63, 3.8) is 0 Å². The number of fused-ring (bicyclic) bond motifs is 1. The summed E-state index contributed by atoms with van der Waals surface area (Å²) in [6.07, 6.45) is 0. The van der Waals surface area contributed by atoms with E-state index in [-0.39, 0.29) is 17.5 Å². The Labute approximate surface area is 118 Å². The third-order valence-electron chi connectivity index (χ3n) is 4.43. The fraction of sp³-hybridized carbons (Fsp3) is 0.222. The standard InChI is InChI=1S/C18H16O2/c1-12(19)18(2)16(13-8-4-3-5-9-13)14-10-6-7-11-15(14)17(18)20/h3-11,16H,1-2H3/t16-,18-/m1/s1. The van der Waals surface area contributed by atoms with Gasteiger partial charge in [0.2, 0.25) is 0 Å². The Morgan fingerprint density at radius 1 is 1.00 bits per heavy atom. The maximum Gasteiger partial charge on any atom is 0.177 e. The molecule has 100 valence electrons. The van der Waals surface area contributed by atoms with Gasteiger partial charge in [-0.3, -0.25) is 9.59 Å². The quantitative estimate of drug-likeness (QED) is 0.776. The molecule has 0 amide bonds. The molecule has 2 aromatic carbocycles. The first kappa shape index (κ1) is 12.8. The van der Waals surface area contributed by atoms with Crippen LogP contribution >= 0.6 is 0 Å². The molecule has 0 saturated heterocycles. The van der Waals surface area contributed by atoms with Gasteiger partial charge in [0.25, 0.3) is 0 Å². The zero-order valence-corrected chi connectivity index (χ0v) is 11.6. The predicted octanol–water partition coefficient (Wildman–Crippen LogP) is 3.61. The van der Waals surface area contributed by atoms with Gasteiger partial charge in [-0.25, -0.2) is 0 Å². The van der Waals surface area contributed by atoms with E-state index >= 15 is 0 Å². The Morgan fingerprint density at radius 2 is 1.60 bits per heavy atom. The highest BCUT2D eigenvalue weighted by atomic mass is 16.2. The molecule has 20 heavy (non-hydrogen) atoms. The van der Waals surface area contributed by atoms with E-state index in [0.29, 0.717) is 5.56 Å². The van der Waals surface area contributed by atoms with Crippen molar-refractivity contribution < 1.29 is 9.59 Å². The zero-order chi connectivity index (χ0) is 14.3. The molecular formula is C18H16O2. The molecule has 0 fully saturated rings. The lowest BCUT2D eigenvalue weighted by molar-refractivity contribution is -0.123. The second-order valence-electron chi connectivity index (χ2n) is 5.52. The first-order valence-corrected chi connectivity index (χ1v) is 6.76. The summed E-state index contributed by atoms with van der Waals surface area (Å²) in [5.74, 6) is -0.327. The lowest BCUT2D eigenvalue weighted by atomic mass is 9.71. The van der Waals surface area contributed by atoms with E-state index in [1.165, 1.54) is 6.92 Å². The molecule has 1 aliphatic rings. The minimum absolute atomic E-state index is 0.0607. The van der Waals surface area contributed by atoms with E-state index in [1.807, 2.05) is 54.6 Å². The summed E-state index contributed by atoms with van der Waals surface area (Å²) in [4.78, 5) is 24.9. The zero-order valence-electron chi connectivity index (χ0n) is 11.6. The van der Waals surface area contributed by atoms with Crippen LogP contribution in [0.3, 0.4) is 0 Å². The summed E-state index contributed by atoms with van der Waals surface area (Å²) < 4.78 is 0. The van der Waals surface area contributed by atoms with Crippen molar-refractivity contribution >= 4 is 11.6 Å². The smallest absolute Gasteiger partial charge is 0.177 e. The van der Waals surface area contributed by atoms with Crippen LogP contribution < -0.4 is 0 Å². The normalized spacial score (nSPS) is 24.5. The monoisotopic (exact) mass is 264 g/mol. The molecule has 0 heterocycles. The van der Waals surface area contributed by atoms with E-state index in [4.69, 9.17) is 0 Å². The first-order valence-electron chi connectivity index (χ1n) is 6.76. The van der Waals surface area contributed by atoms with Crippen LogP contribution in [0.1, 0.15) is 41.3 Å². The maximum absolute atomic E-state index is 12.7. The highest BCUT2D eigenvalue weighted by Crippen LogP contribution is 2.50. The molecule has 0 aromatic heterocycles. The van der Waals surface area contributed by atoms with Gasteiger partial charge in [0.15, 0.2) is 5.78 Å². The largest absolute Gasteiger partial charge is 0.299 e. The number of rotatable bonds is 2.